The number of aromatic nitrogens is 4. The van der Waals surface area contributed by atoms with Gasteiger partial charge in [-0.2, -0.15) is 4.80 Å². The third-order valence-electron chi connectivity index (χ3n) is 4.62. The molecule has 144 valence electrons. The Balaban J connectivity index is 1.41. The maximum Gasteiger partial charge on any atom is 0.253 e. The maximum absolute atomic E-state index is 12.6. The van der Waals surface area contributed by atoms with Gasteiger partial charge in [0, 0.05) is 6.04 Å². The lowest BCUT2D eigenvalue weighted by Gasteiger charge is -2.14. The first kappa shape index (κ1) is 18.3. The molecule has 0 atom stereocenters. The number of carbonyl (C=O) groups excluding carboxylic acids is 2. The van der Waals surface area contributed by atoms with Crippen LogP contribution in [0.5, 0.6) is 0 Å². The second kappa shape index (κ2) is 8.30. The van der Waals surface area contributed by atoms with Gasteiger partial charge in [0.2, 0.25) is 11.7 Å². The third kappa shape index (κ3) is 4.25. The molecule has 1 aliphatic rings. The fourth-order valence-electron chi connectivity index (χ4n) is 3.26. The Morgan fingerprint density at radius 3 is 2.75 bits per heavy atom. The number of hydrogen-bond donors (Lipinski definition) is 2. The van der Waals surface area contributed by atoms with E-state index < -0.39 is 0 Å². The fourth-order valence-corrected chi connectivity index (χ4v) is 3.90. The Morgan fingerprint density at radius 2 is 1.96 bits per heavy atom. The van der Waals surface area contributed by atoms with Crippen LogP contribution in [0.2, 0.25) is 0 Å². The lowest BCUT2D eigenvalue weighted by atomic mass is 10.1. The largest absolute Gasteiger partial charge is 0.349 e. The minimum atomic E-state index is -0.323. The van der Waals surface area contributed by atoms with E-state index in [1.807, 2.05) is 17.5 Å². The van der Waals surface area contributed by atoms with Crippen LogP contribution in [0.4, 0.5) is 5.69 Å². The van der Waals surface area contributed by atoms with Gasteiger partial charge in [0.15, 0.2) is 0 Å². The van der Waals surface area contributed by atoms with Crippen molar-refractivity contribution in [2.75, 3.05) is 5.32 Å². The predicted molar refractivity (Wildman–Crippen MR) is 106 cm³/mol. The van der Waals surface area contributed by atoms with E-state index in [-0.39, 0.29) is 24.4 Å². The van der Waals surface area contributed by atoms with Gasteiger partial charge in [-0.25, -0.2) is 0 Å². The van der Waals surface area contributed by atoms with Gasteiger partial charge in [0.25, 0.3) is 5.91 Å². The van der Waals surface area contributed by atoms with Crippen LogP contribution < -0.4 is 10.6 Å². The van der Waals surface area contributed by atoms with Crippen LogP contribution in [0.25, 0.3) is 10.7 Å². The number of nitrogens with one attached hydrogen (secondary N) is 2. The fraction of sp³-hybridized carbons (Fsp3) is 0.316. The number of benzene rings is 1. The highest BCUT2D eigenvalue weighted by Crippen LogP contribution is 2.21. The smallest absolute Gasteiger partial charge is 0.253 e. The van der Waals surface area contributed by atoms with Crippen molar-refractivity contribution in [1.82, 2.24) is 25.5 Å². The van der Waals surface area contributed by atoms with Gasteiger partial charge in [0.1, 0.15) is 6.54 Å². The molecule has 2 aromatic heterocycles. The van der Waals surface area contributed by atoms with Crippen molar-refractivity contribution in [3.05, 3.63) is 47.3 Å². The predicted octanol–water partition coefficient (Wildman–Crippen LogP) is 2.71. The molecule has 8 nitrogen and oxygen atoms in total. The third-order valence-corrected chi connectivity index (χ3v) is 5.48. The zero-order valence-corrected chi connectivity index (χ0v) is 16.0. The SMILES string of the molecule is O=C(Cn1nnc(-c2cccs2)n1)Nc1ccccc1C(=O)NC1CCCC1. The van der Waals surface area contributed by atoms with Gasteiger partial charge >= 0.3 is 0 Å². The van der Waals surface area contributed by atoms with E-state index in [2.05, 4.69) is 26.0 Å². The highest BCUT2D eigenvalue weighted by molar-refractivity contribution is 7.13. The van der Waals surface area contributed by atoms with Crippen LogP contribution >= 0.6 is 11.3 Å². The monoisotopic (exact) mass is 396 g/mol. The summed E-state index contributed by atoms with van der Waals surface area (Å²) in [7, 11) is 0. The number of thiophene rings is 1. The zero-order valence-electron chi connectivity index (χ0n) is 15.2. The number of rotatable bonds is 6. The molecule has 3 aromatic rings. The van der Waals surface area contributed by atoms with Gasteiger partial charge < -0.3 is 10.6 Å². The normalized spacial score (nSPS) is 14.1. The second-order valence-electron chi connectivity index (χ2n) is 6.67. The van der Waals surface area contributed by atoms with Crippen LogP contribution in [0.1, 0.15) is 36.0 Å². The molecule has 2 heterocycles. The van der Waals surface area contributed by atoms with Crippen molar-refractivity contribution in [3.63, 3.8) is 0 Å². The summed E-state index contributed by atoms with van der Waals surface area (Å²) in [5.41, 5.74) is 0.926. The lowest BCUT2D eigenvalue weighted by Crippen LogP contribution is -2.33. The van der Waals surface area contributed by atoms with Gasteiger partial charge in [-0.3, -0.25) is 9.59 Å². The molecular weight excluding hydrogens is 376 g/mol. The van der Waals surface area contributed by atoms with Gasteiger partial charge in [-0.1, -0.05) is 31.0 Å². The molecule has 4 rings (SSSR count). The molecule has 0 aliphatic heterocycles. The van der Waals surface area contributed by atoms with Gasteiger partial charge in [-0.15, -0.1) is 21.5 Å². The Labute approximate surface area is 166 Å². The quantitative estimate of drug-likeness (QED) is 0.667. The first-order valence-electron chi connectivity index (χ1n) is 9.20. The van der Waals surface area contributed by atoms with Crippen molar-refractivity contribution >= 4 is 28.8 Å². The number of hydrogen-bond acceptors (Lipinski definition) is 6. The number of nitrogens with zero attached hydrogens (tertiary/aromatic N) is 4. The van der Waals surface area contributed by atoms with Gasteiger partial charge in [0.05, 0.1) is 16.1 Å². The lowest BCUT2D eigenvalue weighted by molar-refractivity contribution is -0.117. The van der Waals surface area contributed by atoms with Crippen LogP contribution in [0.15, 0.2) is 41.8 Å². The van der Waals surface area contributed by atoms with Crippen LogP contribution in [0, 0.1) is 0 Å². The standard InChI is InChI=1S/C19H20N6O2S/c26-17(12-25-23-18(22-24-25)16-10-5-11-28-16)21-15-9-4-3-8-14(15)19(27)20-13-6-1-2-7-13/h3-5,8-11,13H,1-2,6-7,12H2,(H,20,27)(H,21,26). The van der Waals surface area contributed by atoms with E-state index in [4.69, 9.17) is 0 Å². The summed E-state index contributed by atoms with van der Waals surface area (Å²) in [4.78, 5) is 27.2. The highest BCUT2D eigenvalue weighted by Gasteiger charge is 2.20. The molecule has 1 aliphatic carbocycles. The Kier molecular flexibility index (Phi) is 5.43. The van der Waals surface area contributed by atoms with Crippen molar-refractivity contribution in [3.8, 4) is 10.7 Å². The van der Waals surface area contributed by atoms with E-state index in [1.165, 1.54) is 16.1 Å². The maximum atomic E-state index is 12.6. The Hall–Kier alpha value is -3.07. The molecular formula is C19H20N6O2S. The highest BCUT2D eigenvalue weighted by atomic mass is 32.1. The molecule has 0 bridgehead atoms. The zero-order chi connectivity index (χ0) is 19.3. The number of tetrazole rings is 1. The molecule has 0 radical (unpaired) electrons. The number of para-hydroxylation sites is 1. The van der Waals surface area contributed by atoms with Crippen molar-refractivity contribution in [1.29, 1.82) is 0 Å². The summed E-state index contributed by atoms with van der Waals surface area (Å²) in [6.45, 7) is -0.0864. The Bertz CT molecular complexity index is 962. The molecule has 1 aromatic carbocycles. The minimum Gasteiger partial charge on any atom is -0.349 e. The van der Waals surface area contributed by atoms with E-state index in [0.717, 1.165) is 30.6 Å². The summed E-state index contributed by atoms with van der Waals surface area (Å²) < 4.78 is 0. The average Bonchev–Trinajstić information content (AvgIpc) is 3.44. The van der Waals surface area contributed by atoms with Crippen molar-refractivity contribution in [2.45, 2.75) is 38.3 Å². The molecule has 0 spiro atoms. The van der Waals surface area contributed by atoms with Gasteiger partial charge in [-0.05, 0) is 41.6 Å². The summed E-state index contributed by atoms with van der Waals surface area (Å²) in [6.07, 6.45) is 4.29. The summed E-state index contributed by atoms with van der Waals surface area (Å²) in [5.74, 6) is -0.00273. The molecule has 1 fully saturated rings. The Morgan fingerprint density at radius 1 is 1.14 bits per heavy atom. The molecule has 1 saturated carbocycles. The van der Waals surface area contributed by atoms with E-state index in [9.17, 15) is 9.59 Å². The first-order chi connectivity index (χ1) is 13.7. The molecule has 0 unspecified atom stereocenters. The average molecular weight is 396 g/mol. The van der Waals surface area contributed by atoms with Crippen molar-refractivity contribution < 1.29 is 9.59 Å². The number of amides is 2. The topological polar surface area (TPSA) is 102 Å². The van der Waals surface area contributed by atoms with Crippen LogP contribution in [-0.4, -0.2) is 38.1 Å². The molecule has 28 heavy (non-hydrogen) atoms. The van der Waals surface area contributed by atoms with E-state index >= 15 is 0 Å². The van der Waals surface area contributed by atoms with Crippen LogP contribution in [0.3, 0.4) is 0 Å². The minimum absolute atomic E-state index is 0.0864. The molecule has 2 N–H and O–H groups in total. The number of carbonyl (C=O) groups is 2. The van der Waals surface area contributed by atoms with Crippen molar-refractivity contribution in [2.24, 2.45) is 0 Å². The first-order valence-corrected chi connectivity index (χ1v) is 10.1. The van der Waals surface area contributed by atoms with Crippen LogP contribution in [-0.2, 0) is 11.3 Å². The van der Waals surface area contributed by atoms with E-state index in [1.54, 1.807) is 24.3 Å². The second-order valence-corrected chi connectivity index (χ2v) is 7.62. The summed E-state index contributed by atoms with van der Waals surface area (Å²) >= 11 is 1.51. The van der Waals surface area contributed by atoms with E-state index in [0.29, 0.717) is 17.1 Å². The molecule has 0 saturated heterocycles. The number of anilines is 1. The summed E-state index contributed by atoms with van der Waals surface area (Å²) in [6, 6.07) is 11.0. The molecule has 9 heteroatoms. The molecule has 2 amide bonds. The summed E-state index contributed by atoms with van der Waals surface area (Å²) in [5, 5.41) is 19.9.